The van der Waals surface area contributed by atoms with Gasteiger partial charge in [-0.25, -0.2) is 0 Å². The van der Waals surface area contributed by atoms with E-state index in [0.29, 0.717) is 23.0 Å². The number of rotatable bonds is 6. The average molecular weight is 326 g/mol. The number of halogens is 4. The molecule has 0 saturated carbocycles. The highest BCUT2D eigenvalue weighted by atomic mass is 19.4. The normalized spacial score (nSPS) is 11.3. The molecular formula is C17H14F4O2. The van der Waals surface area contributed by atoms with Crippen molar-refractivity contribution < 1.29 is 27.1 Å². The van der Waals surface area contributed by atoms with E-state index in [9.17, 15) is 22.4 Å². The van der Waals surface area contributed by atoms with E-state index in [0.717, 1.165) is 12.1 Å². The molecule has 2 aromatic carbocycles. The Labute approximate surface area is 130 Å². The second kappa shape index (κ2) is 7.26. The molecular weight excluding hydrogens is 312 g/mol. The van der Waals surface area contributed by atoms with E-state index >= 15 is 0 Å². The molecule has 0 bridgehead atoms. The third-order valence-electron chi connectivity index (χ3n) is 3.22. The molecule has 2 rings (SSSR count). The molecule has 0 aromatic heterocycles. The molecule has 23 heavy (non-hydrogen) atoms. The monoisotopic (exact) mass is 326 g/mol. The lowest BCUT2D eigenvalue weighted by molar-refractivity contribution is -0.137. The Kier molecular flexibility index (Phi) is 5.36. The third kappa shape index (κ3) is 4.31. The van der Waals surface area contributed by atoms with Crippen LogP contribution in [0.1, 0.15) is 22.3 Å². The van der Waals surface area contributed by atoms with Crippen LogP contribution in [0.2, 0.25) is 0 Å². The van der Waals surface area contributed by atoms with E-state index in [1.165, 1.54) is 18.2 Å². The van der Waals surface area contributed by atoms with E-state index < -0.39 is 18.4 Å². The Morgan fingerprint density at radius 1 is 1.00 bits per heavy atom. The average Bonchev–Trinajstić information content (AvgIpc) is 2.54. The zero-order chi connectivity index (χ0) is 16.9. The summed E-state index contributed by atoms with van der Waals surface area (Å²) < 4.78 is 55.2. The Hall–Kier alpha value is -2.37. The van der Waals surface area contributed by atoms with Crippen molar-refractivity contribution in [2.75, 3.05) is 13.3 Å². The number of ether oxygens (including phenoxy) is 1. The molecule has 0 radical (unpaired) electrons. The molecule has 0 atom stereocenters. The highest BCUT2D eigenvalue weighted by molar-refractivity contribution is 5.81. The van der Waals surface area contributed by atoms with Crippen LogP contribution in [0.4, 0.5) is 17.6 Å². The predicted molar refractivity (Wildman–Crippen MR) is 78.4 cm³/mol. The zero-order valence-electron chi connectivity index (χ0n) is 12.1. The zero-order valence-corrected chi connectivity index (χ0v) is 12.1. The molecule has 0 spiro atoms. The van der Waals surface area contributed by atoms with Crippen LogP contribution in [-0.2, 0) is 6.18 Å². The van der Waals surface area contributed by atoms with Gasteiger partial charge in [-0.2, -0.15) is 13.2 Å². The van der Waals surface area contributed by atoms with Crippen molar-refractivity contribution in [3.63, 3.8) is 0 Å². The van der Waals surface area contributed by atoms with Crippen molar-refractivity contribution in [1.29, 1.82) is 0 Å². The number of carbonyl (C=O) groups excluding carboxylic acids is 1. The summed E-state index contributed by atoms with van der Waals surface area (Å²) in [6.07, 6.45) is -3.58. The van der Waals surface area contributed by atoms with Crippen molar-refractivity contribution in [3.05, 3.63) is 53.6 Å². The van der Waals surface area contributed by atoms with E-state index in [1.54, 1.807) is 12.1 Å². The summed E-state index contributed by atoms with van der Waals surface area (Å²) in [6.45, 7) is -0.414. The van der Waals surface area contributed by atoms with Gasteiger partial charge in [0.2, 0.25) is 0 Å². The molecule has 2 nitrogen and oxygen atoms in total. The molecule has 0 aliphatic rings. The Morgan fingerprint density at radius 3 is 2.22 bits per heavy atom. The van der Waals surface area contributed by atoms with Crippen molar-refractivity contribution in [2.24, 2.45) is 0 Å². The number of carbonyl (C=O) groups is 1. The highest BCUT2D eigenvalue weighted by Gasteiger charge is 2.29. The molecule has 122 valence electrons. The largest absolute Gasteiger partial charge is 0.493 e. The van der Waals surface area contributed by atoms with Gasteiger partial charge >= 0.3 is 6.18 Å². The lowest BCUT2D eigenvalue weighted by Gasteiger charge is -2.11. The van der Waals surface area contributed by atoms with Gasteiger partial charge in [0, 0.05) is 6.42 Å². The predicted octanol–water partition coefficient (Wildman–Crippen LogP) is 4.92. The first kappa shape index (κ1) is 17.0. The summed E-state index contributed by atoms with van der Waals surface area (Å²) in [7, 11) is 0. The fourth-order valence-electron chi connectivity index (χ4n) is 2.02. The van der Waals surface area contributed by atoms with Gasteiger partial charge in [0.05, 0.1) is 24.4 Å². The maximum absolute atomic E-state index is 12.6. The number of aldehydes is 1. The number of alkyl halides is 4. The van der Waals surface area contributed by atoms with Gasteiger partial charge in [-0.15, -0.1) is 0 Å². The molecule has 6 heteroatoms. The van der Waals surface area contributed by atoms with Gasteiger partial charge in [0.25, 0.3) is 0 Å². The van der Waals surface area contributed by atoms with Crippen LogP contribution in [0.5, 0.6) is 5.75 Å². The van der Waals surface area contributed by atoms with Crippen molar-refractivity contribution in [2.45, 2.75) is 12.6 Å². The van der Waals surface area contributed by atoms with Gasteiger partial charge in [-0.05, 0) is 35.4 Å². The van der Waals surface area contributed by atoms with Gasteiger partial charge in [-0.1, -0.05) is 18.2 Å². The first-order valence-corrected chi connectivity index (χ1v) is 6.91. The molecule has 0 saturated heterocycles. The Morgan fingerprint density at radius 2 is 1.65 bits per heavy atom. The van der Waals surface area contributed by atoms with Crippen LogP contribution < -0.4 is 4.74 Å². The number of hydrogen-bond donors (Lipinski definition) is 0. The SMILES string of the molecule is O=Cc1ccc(-c2ccc(C(F)(F)F)cc2)cc1OCCCF. The minimum atomic E-state index is -4.39. The van der Waals surface area contributed by atoms with Crippen LogP contribution >= 0.6 is 0 Å². The summed E-state index contributed by atoms with van der Waals surface area (Å²) in [5.74, 6) is 0.283. The van der Waals surface area contributed by atoms with E-state index in [-0.39, 0.29) is 18.8 Å². The lowest BCUT2D eigenvalue weighted by Crippen LogP contribution is -2.04. The quantitative estimate of drug-likeness (QED) is 0.428. The summed E-state index contributed by atoms with van der Waals surface area (Å²) in [4.78, 5) is 11.0. The smallest absolute Gasteiger partial charge is 0.416 e. The first-order chi connectivity index (χ1) is 11.0. The van der Waals surface area contributed by atoms with Crippen molar-refractivity contribution >= 4 is 6.29 Å². The fourth-order valence-corrected chi connectivity index (χ4v) is 2.02. The topological polar surface area (TPSA) is 26.3 Å². The number of benzene rings is 2. The molecule has 0 heterocycles. The van der Waals surface area contributed by atoms with Gasteiger partial charge < -0.3 is 4.74 Å². The van der Waals surface area contributed by atoms with Crippen molar-refractivity contribution in [3.8, 4) is 16.9 Å². The summed E-state index contributed by atoms with van der Waals surface area (Å²) in [5.41, 5.74) is 0.745. The van der Waals surface area contributed by atoms with E-state index in [2.05, 4.69) is 0 Å². The van der Waals surface area contributed by atoms with Gasteiger partial charge in [-0.3, -0.25) is 9.18 Å². The van der Waals surface area contributed by atoms with Crippen LogP contribution in [0.3, 0.4) is 0 Å². The first-order valence-electron chi connectivity index (χ1n) is 6.91. The minimum absolute atomic E-state index is 0.119. The minimum Gasteiger partial charge on any atom is -0.493 e. The highest BCUT2D eigenvalue weighted by Crippen LogP contribution is 2.32. The molecule has 2 aromatic rings. The molecule has 0 aliphatic heterocycles. The maximum Gasteiger partial charge on any atom is 0.416 e. The van der Waals surface area contributed by atoms with Crippen LogP contribution in [0.15, 0.2) is 42.5 Å². The van der Waals surface area contributed by atoms with Crippen LogP contribution in [-0.4, -0.2) is 19.6 Å². The molecule has 0 fully saturated rings. The standard InChI is InChI=1S/C17H14F4O2/c18-8-1-9-23-16-10-13(2-3-14(16)11-22)12-4-6-15(7-5-12)17(19,20)21/h2-7,10-11H,1,8-9H2. The van der Waals surface area contributed by atoms with E-state index in [1.807, 2.05) is 0 Å². The second-order valence-electron chi connectivity index (χ2n) is 4.84. The van der Waals surface area contributed by atoms with Gasteiger partial charge in [0.1, 0.15) is 5.75 Å². The third-order valence-corrected chi connectivity index (χ3v) is 3.22. The summed E-state index contributed by atoms with van der Waals surface area (Å²) >= 11 is 0. The second-order valence-corrected chi connectivity index (χ2v) is 4.84. The summed E-state index contributed by atoms with van der Waals surface area (Å²) in [5, 5.41) is 0. The lowest BCUT2D eigenvalue weighted by atomic mass is 10.0. The molecule has 0 unspecified atom stereocenters. The number of hydrogen-bond acceptors (Lipinski definition) is 2. The summed E-state index contributed by atoms with van der Waals surface area (Å²) in [6, 6.07) is 9.39. The Balaban J connectivity index is 2.28. The molecule has 0 amide bonds. The fraction of sp³-hybridized carbons (Fsp3) is 0.235. The van der Waals surface area contributed by atoms with Crippen LogP contribution in [0, 0.1) is 0 Å². The van der Waals surface area contributed by atoms with Crippen molar-refractivity contribution in [1.82, 2.24) is 0 Å². The van der Waals surface area contributed by atoms with Gasteiger partial charge in [0.15, 0.2) is 6.29 Å². The Bertz CT molecular complexity index is 663. The molecule has 0 aliphatic carbocycles. The van der Waals surface area contributed by atoms with Crippen LogP contribution in [0.25, 0.3) is 11.1 Å². The maximum atomic E-state index is 12.6. The molecule has 0 N–H and O–H groups in total. The van der Waals surface area contributed by atoms with E-state index in [4.69, 9.17) is 4.74 Å².